The summed E-state index contributed by atoms with van der Waals surface area (Å²) in [4.78, 5) is 0. The van der Waals surface area contributed by atoms with Crippen molar-refractivity contribution >= 4 is 12.2 Å². The molecule has 0 radical (unpaired) electrons. The van der Waals surface area contributed by atoms with E-state index in [-0.39, 0.29) is 34.5 Å². The van der Waals surface area contributed by atoms with Crippen LogP contribution in [0.3, 0.4) is 0 Å². The van der Waals surface area contributed by atoms with E-state index in [1.165, 1.54) is 44.6 Å². The molecule has 8 nitrogen and oxygen atoms in total. The van der Waals surface area contributed by atoms with E-state index >= 15 is 0 Å². The van der Waals surface area contributed by atoms with E-state index in [9.17, 15) is 25.5 Å². The van der Waals surface area contributed by atoms with Crippen molar-refractivity contribution in [2.45, 2.75) is 12.0 Å². The fourth-order valence-electron chi connectivity index (χ4n) is 4.76. The van der Waals surface area contributed by atoms with Crippen LogP contribution < -0.4 is 14.2 Å². The number of fused-ring (bicyclic) bond motifs is 1. The van der Waals surface area contributed by atoms with Crippen LogP contribution in [0, 0.1) is 0 Å². The first-order valence-corrected chi connectivity index (χ1v) is 11.8. The van der Waals surface area contributed by atoms with Gasteiger partial charge in [0, 0.05) is 11.6 Å². The number of phenols is 5. The Bertz CT molecular complexity index is 1520. The fraction of sp³-hybridized carbons (Fsp3) is 0.133. The third kappa shape index (κ3) is 4.59. The Morgan fingerprint density at radius 2 is 1.26 bits per heavy atom. The van der Waals surface area contributed by atoms with Gasteiger partial charge in [-0.25, -0.2) is 0 Å². The van der Waals surface area contributed by atoms with E-state index in [0.717, 1.165) is 5.56 Å². The van der Waals surface area contributed by atoms with Crippen molar-refractivity contribution in [1.29, 1.82) is 0 Å². The van der Waals surface area contributed by atoms with E-state index in [1.807, 2.05) is 6.08 Å². The minimum absolute atomic E-state index is 0.0217. The highest BCUT2D eigenvalue weighted by molar-refractivity contribution is 5.74. The van der Waals surface area contributed by atoms with Crippen molar-refractivity contribution in [2.24, 2.45) is 0 Å². The van der Waals surface area contributed by atoms with E-state index in [2.05, 4.69) is 0 Å². The molecule has 2 atom stereocenters. The average molecular weight is 515 g/mol. The van der Waals surface area contributed by atoms with Gasteiger partial charge in [-0.1, -0.05) is 24.3 Å². The first-order valence-electron chi connectivity index (χ1n) is 11.8. The Labute approximate surface area is 218 Å². The Morgan fingerprint density at radius 3 is 1.95 bits per heavy atom. The van der Waals surface area contributed by atoms with Gasteiger partial charge in [0.15, 0.2) is 23.0 Å². The lowest BCUT2D eigenvalue weighted by Crippen LogP contribution is -2.11. The lowest BCUT2D eigenvalue weighted by atomic mass is 9.84. The Hall–Kier alpha value is -4.98. The van der Waals surface area contributed by atoms with Gasteiger partial charge < -0.3 is 39.7 Å². The number of benzene rings is 4. The molecule has 5 N–H and O–H groups in total. The Kier molecular flexibility index (Phi) is 6.38. The zero-order chi connectivity index (χ0) is 27.0. The standard InChI is InChI=1S/C30H26O8/c1-36-25-10-16(5-7-22(25)33)3-4-17-9-24(35)29-27(11-17)38-30(18-6-8-23(34)26(14-18)37-2)28(29)19-12-20(31)15-21(32)13-19/h3-15,28,30-35H,1-2H3/t28-,30+/m1/s1. The van der Waals surface area contributed by atoms with Crippen LogP contribution in [0.4, 0.5) is 0 Å². The number of methoxy groups -OCH3 is 2. The molecule has 4 aromatic rings. The smallest absolute Gasteiger partial charge is 0.161 e. The average Bonchev–Trinajstić information content (AvgIpc) is 3.28. The van der Waals surface area contributed by atoms with Crippen molar-refractivity contribution in [3.8, 4) is 46.0 Å². The first kappa shape index (κ1) is 24.7. The molecule has 1 heterocycles. The summed E-state index contributed by atoms with van der Waals surface area (Å²) in [5, 5.41) is 51.4. The van der Waals surface area contributed by atoms with Gasteiger partial charge in [-0.05, 0) is 70.8 Å². The molecule has 0 bridgehead atoms. The monoisotopic (exact) mass is 514 g/mol. The van der Waals surface area contributed by atoms with Gasteiger partial charge in [0.25, 0.3) is 0 Å². The maximum Gasteiger partial charge on any atom is 0.161 e. The molecule has 0 spiro atoms. The molecule has 0 aliphatic carbocycles. The third-order valence-electron chi connectivity index (χ3n) is 6.50. The number of hydrogen-bond donors (Lipinski definition) is 5. The summed E-state index contributed by atoms with van der Waals surface area (Å²) in [5.74, 6) is 0.181. The number of rotatable bonds is 6. The summed E-state index contributed by atoms with van der Waals surface area (Å²) in [5.41, 5.74) is 3.14. The lowest BCUT2D eigenvalue weighted by molar-refractivity contribution is 0.221. The van der Waals surface area contributed by atoms with E-state index in [0.29, 0.717) is 33.8 Å². The molecule has 4 aromatic carbocycles. The van der Waals surface area contributed by atoms with Crippen molar-refractivity contribution in [3.05, 3.63) is 94.5 Å². The summed E-state index contributed by atoms with van der Waals surface area (Å²) in [6, 6.07) is 17.4. The molecule has 38 heavy (non-hydrogen) atoms. The molecule has 0 aromatic heterocycles. The van der Waals surface area contributed by atoms with Crippen molar-refractivity contribution < 1.29 is 39.7 Å². The molecule has 5 rings (SSSR count). The molecular formula is C30H26O8. The van der Waals surface area contributed by atoms with Crippen LogP contribution in [-0.4, -0.2) is 39.8 Å². The molecule has 194 valence electrons. The van der Waals surface area contributed by atoms with Crippen LogP contribution in [0.1, 0.15) is 39.8 Å². The van der Waals surface area contributed by atoms with Crippen LogP contribution >= 0.6 is 0 Å². The lowest BCUT2D eigenvalue weighted by Gasteiger charge is -2.21. The highest BCUT2D eigenvalue weighted by Crippen LogP contribution is 2.54. The van der Waals surface area contributed by atoms with Crippen LogP contribution in [0.5, 0.6) is 46.0 Å². The Morgan fingerprint density at radius 1 is 0.632 bits per heavy atom. The minimum Gasteiger partial charge on any atom is -0.508 e. The van der Waals surface area contributed by atoms with E-state index in [4.69, 9.17) is 14.2 Å². The summed E-state index contributed by atoms with van der Waals surface area (Å²) in [6.07, 6.45) is 2.94. The molecule has 0 amide bonds. The third-order valence-corrected chi connectivity index (χ3v) is 6.50. The van der Waals surface area contributed by atoms with Gasteiger partial charge in [-0.2, -0.15) is 0 Å². The fourth-order valence-corrected chi connectivity index (χ4v) is 4.76. The molecule has 0 fully saturated rings. The maximum absolute atomic E-state index is 11.2. The van der Waals surface area contributed by atoms with Gasteiger partial charge >= 0.3 is 0 Å². The van der Waals surface area contributed by atoms with Gasteiger partial charge in [0.2, 0.25) is 0 Å². The largest absolute Gasteiger partial charge is 0.508 e. The van der Waals surface area contributed by atoms with Gasteiger partial charge in [-0.15, -0.1) is 0 Å². The molecular weight excluding hydrogens is 488 g/mol. The number of ether oxygens (including phenoxy) is 3. The van der Waals surface area contributed by atoms with Gasteiger partial charge in [0.05, 0.1) is 20.1 Å². The zero-order valence-corrected chi connectivity index (χ0v) is 20.6. The molecule has 0 unspecified atom stereocenters. The minimum atomic E-state index is -0.660. The normalized spacial score (nSPS) is 16.3. The molecule has 1 aliphatic heterocycles. The first-order chi connectivity index (χ1) is 18.3. The predicted molar refractivity (Wildman–Crippen MR) is 141 cm³/mol. The maximum atomic E-state index is 11.2. The van der Waals surface area contributed by atoms with E-state index < -0.39 is 12.0 Å². The van der Waals surface area contributed by atoms with Crippen LogP contribution in [0.15, 0.2) is 66.7 Å². The SMILES string of the molecule is COc1cc(C=Cc2cc(O)c3c(c2)O[C@@H](c2ccc(O)c(OC)c2)[C@@H]3c2cc(O)cc(O)c2)ccc1O. The topological polar surface area (TPSA) is 129 Å². The van der Waals surface area contributed by atoms with Crippen molar-refractivity contribution in [2.75, 3.05) is 14.2 Å². The number of aromatic hydroxyl groups is 5. The predicted octanol–water partition coefficient (Wildman–Crippen LogP) is 5.67. The van der Waals surface area contributed by atoms with Gasteiger partial charge in [0.1, 0.15) is 29.1 Å². The summed E-state index contributed by atoms with van der Waals surface area (Å²) >= 11 is 0. The van der Waals surface area contributed by atoms with Crippen LogP contribution in [0.2, 0.25) is 0 Å². The highest BCUT2D eigenvalue weighted by Gasteiger charge is 2.40. The highest BCUT2D eigenvalue weighted by atomic mass is 16.5. The summed E-state index contributed by atoms with van der Waals surface area (Å²) in [6.45, 7) is 0. The van der Waals surface area contributed by atoms with Crippen LogP contribution in [-0.2, 0) is 0 Å². The number of hydrogen-bond acceptors (Lipinski definition) is 8. The van der Waals surface area contributed by atoms with Crippen LogP contribution in [0.25, 0.3) is 12.2 Å². The molecule has 1 aliphatic rings. The van der Waals surface area contributed by atoms with Gasteiger partial charge in [-0.3, -0.25) is 0 Å². The second-order valence-corrected chi connectivity index (χ2v) is 8.95. The second-order valence-electron chi connectivity index (χ2n) is 8.95. The summed E-state index contributed by atoms with van der Waals surface area (Å²) in [7, 11) is 2.92. The quantitative estimate of drug-likeness (QED) is 0.208. The Balaban J connectivity index is 1.58. The molecule has 0 saturated heterocycles. The second kappa shape index (κ2) is 9.82. The molecule has 8 heteroatoms. The van der Waals surface area contributed by atoms with Crippen molar-refractivity contribution in [1.82, 2.24) is 0 Å². The molecule has 0 saturated carbocycles. The summed E-state index contributed by atoms with van der Waals surface area (Å²) < 4.78 is 16.8. The zero-order valence-electron chi connectivity index (χ0n) is 20.6. The van der Waals surface area contributed by atoms with Crippen molar-refractivity contribution in [3.63, 3.8) is 0 Å². The number of phenolic OH excluding ortho intramolecular Hbond substituents is 5. The van der Waals surface area contributed by atoms with E-state index in [1.54, 1.807) is 42.5 Å².